The van der Waals surface area contributed by atoms with E-state index in [1.165, 1.54) is 4.90 Å². The quantitative estimate of drug-likeness (QED) is 0.518. The minimum absolute atomic E-state index is 0.0104. The van der Waals surface area contributed by atoms with Crippen LogP contribution in [0.1, 0.15) is 13.3 Å². The summed E-state index contributed by atoms with van der Waals surface area (Å²) in [4.78, 5) is 26.2. The summed E-state index contributed by atoms with van der Waals surface area (Å²) in [5, 5.41) is 3.23. The van der Waals surface area contributed by atoms with Gasteiger partial charge in [0.05, 0.1) is 6.54 Å². The third-order valence-electron chi connectivity index (χ3n) is 2.69. The number of carbonyl (C=O) groups excluding carboxylic acids is 2. The van der Waals surface area contributed by atoms with Gasteiger partial charge in [0, 0.05) is 20.1 Å². The molecule has 2 amide bonds. The second-order valence-electron chi connectivity index (χ2n) is 4.43. The van der Waals surface area contributed by atoms with E-state index in [2.05, 4.69) is 18.8 Å². The standard InChI is InChI=1S/C12H21N3O2/c1-4-5-13-6-10(2)7-15-9-11(16)14(3)8-12(15)17/h13H,2,4-9H2,1,3H3. The maximum atomic E-state index is 11.7. The minimum Gasteiger partial charge on any atom is -0.335 e. The van der Waals surface area contributed by atoms with Gasteiger partial charge in [-0.1, -0.05) is 13.5 Å². The second-order valence-corrected chi connectivity index (χ2v) is 4.43. The molecule has 5 heteroatoms. The van der Waals surface area contributed by atoms with E-state index in [-0.39, 0.29) is 24.9 Å². The van der Waals surface area contributed by atoms with Crippen LogP contribution in [-0.2, 0) is 9.59 Å². The van der Waals surface area contributed by atoms with E-state index in [4.69, 9.17) is 0 Å². The molecular weight excluding hydrogens is 218 g/mol. The second kappa shape index (κ2) is 6.39. The summed E-state index contributed by atoms with van der Waals surface area (Å²) in [6.45, 7) is 8.46. The highest BCUT2D eigenvalue weighted by molar-refractivity contribution is 5.92. The smallest absolute Gasteiger partial charge is 0.242 e. The van der Waals surface area contributed by atoms with Crippen molar-refractivity contribution < 1.29 is 9.59 Å². The van der Waals surface area contributed by atoms with Crippen molar-refractivity contribution in [3.05, 3.63) is 12.2 Å². The lowest BCUT2D eigenvalue weighted by molar-refractivity contribution is -0.148. The largest absolute Gasteiger partial charge is 0.335 e. The van der Waals surface area contributed by atoms with Gasteiger partial charge in [-0.05, 0) is 18.5 Å². The molecule has 17 heavy (non-hydrogen) atoms. The normalized spacial score (nSPS) is 16.6. The zero-order valence-electron chi connectivity index (χ0n) is 10.7. The molecule has 0 spiro atoms. The highest BCUT2D eigenvalue weighted by Gasteiger charge is 2.27. The van der Waals surface area contributed by atoms with Crippen LogP contribution in [0.2, 0.25) is 0 Å². The van der Waals surface area contributed by atoms with Crippen LogP contribution >= 0.6 is 0 Å². The molecule has 5 nitrogen and oxygen atoms in total. The van der Waals surface area contributed by atoms with Crippen LogP contribution in [0.4, 0.5) is 0 Å². The molecule has 0 aliphatic carbocycles. The Balaban J connectivity index is 2.37. The molecule has 1 fully saturated rings. The van der Waals surface area contributed by atoms with Gasteiger partial charge in [0.15, 0.2) is 0 Å². The molecule has 0 aromatic carbocycles. The van der Waals surface area contributed by atoms with E-state index in [9.17, 15) is 9.59 Å². The molecule has 0 radical (unpaired) electrons. The van der Waals surface area contributed by atoms with Crippen molar-refractivity contribution in [1.29, 1.82) is 0 Å². The van der Waals surface area contributed by atoms with E-state index < -0.39 is 0 Å². The van der Waals surface area contributed by atoms with Crippen LogP contribution < -0.4 is 5.32 Å². The Morgan fingerprint density at radius 2 is 2.06 bits per heavy atom. The zero-order valence-corrected chi connectivity index (χ0v) is 10.7. The molecule has 0 aromatic rings. The molecule has 0 atom stereocenters. The number of rotatable bonds is 6. The molecule has 1 N–H and O–H groups in total. The maximum absolute atomic E-state index is 11.7. The zero-order chi connectivity index (χ0) is 12.8. The van der Waals surface area contributed by atoms with E-state index in [1.807, 2.05) is 0 Å². The number of nitrogens with zero attached hydrogens (tertiary/aromatic N) is 2. The maximum Gasteiger partial charge on any atom is 0.242 e. The van der Waals surface area contributed by atoms with Gasteiger partial charge < -0.3 is 15.1 Å². The topological polar surface area (TPSA) is 52.7 Å². The predicted molar refractivity (Wildman–Crippen MR) is 66.5 cm³/mol. The van der Waals surface area contributed by atoms with E-state index in [0.29, 0.717) is 13.1 Å². The van der Waals surface area contributed by atoms with E-state index >= 15 is 0 Å². The van der Waals surface area contributed by atoms with Gasteiger partial charge in [0.2, 0.25) is 11.8 Å². The first-order valence-electron chi connectivity index (χ1n) is 5.93. The number of nitrogens with one attached hydrogen (secondary N) is 1. The molecule has 0 unspecified atom stereocenters. The summed E-state index contributed by atoms with van der Waals surface area (Å²) in [6, 6.07) is 0. The molecular formula is C12H21N3O2. The van der Waals surface area contributed by atoms with Crippen LogP contribution in [0, 0.1) is 0 Å². The first-order valence-corrected chi connectivity index (χ1v) is 5.93. The number of likely N-dealkylation sites (N-methyl/N-ethyl adjacent to an activating group) is 1. The third kappa shape index (κ3) is 4.19. The highest BCUT2D eigenvalue weighted by Crippen LogP contribution is 2.05. The van der Waals surface area contributed by atoms with Gasteiger partial charge in [0.1, 0.15) is 6.54 Å². The van der Waals surface area contributed by atoms with Crippen LogP contribution in [0.15, 0.2) is 12.2 Å². The number of hydrogen-bond donors (Lipinski definition) is 1. The van der Waals surface area contributed by atoms with Crippen molar-refractivity contribution in [1.82, 2.24) is 15.1 Å². The minimum atomic E-state index is -0.0149. The monoisotopic (exact) mass is 239 g/mol. The molecule has 1 saturated heterocycles. The van der Waals surface area contributed by atoms with Gasteiger partial charge in [-0.15, -0.1) is 0 Å². The molecule has 1 rings (SSSR count). The highest BCUT2D eigenvalue weighted by atomic mass is 16.2. The first-order chi connectivity index (χ1) is 8.04. The molecule has 1 heterocycles. The Morgan fingerprint density at radius 3 is 2.71 bits per heavy atom. The van der Waals surface area contributed by atoms with Gasteiger partial charge >= 0.3 is 0 Å². The lowest BCUT2D eigenvalue weighted by atomic mass is 10.2. The first kappa shape index (κ1) is 13.7. The van der Waals surface area contributed by atoms with Gasteiger partial charge in [-0.3, -0.25) is 9.59 Å². The van der Waals surface area contributed by atoms with Crippen molar-refractivity contribution in [2.24, 2.45) is 0 Å². The summed E-state index contributed by atoms with van der Waals surface area (Å²) in [5.74, 6) is -0.0253. The van der Waals surface area contributed by atoms with Crippen LogP contribution in [0.25, 0.3) is 0 Å². The fourth-order valence-electron chi connectivity index (χ4n) is 1.68. The molecule has 1 aliphatic heterocycles. The summed E-state index contributed by atoms with van der Waals surface area (Å²) in [5.41, 5.74) is 0.934. The van der Waals surface area contributed by atoms with Crippen LogP contribution in [0.5, 0.6) is 0 Å². The molecule has 0 saturated carbocycles. The third-order valence-corrected chi connectivity index (χ3v) is 2.69. The Bertz CT molecular complexity index is 315. The SMILES string of the molecule is C=C(CNCCC)CN1CC(=O)N(C)CC1=O. The Kier molecular flexibility index (Phi) is 5.15. The fourth-order valence-corrected chi connectivity index (χ4v) is 1.68. The number of piperazine rings is 1. The van der Waals surface area contributed by atoms with Gasteiger partial charge in [0.25, 0.3) is 0 Å². The Labute approximate surface area is 102 Å². The van der Waals surface area contributed by atoms with Gasteiger partial charge in [-0.2, -0.15) is 0 Å². The number of amides is 2. The van der Waals surface area contributed by atoms with Crippen LogP contribution in [-0.4, -0.2) is 61.4 Å². The molecule has 96 valence electrons. The van der Waals surface area contributed by atoms with Crippen molar-refractivity contribution in [3.8, 4) is 0 Å². The lowest BCUT2D eigenvalue weighted by Crippen LogP contribution is -2.52. The summed E-state index contributed by atoms with van der Waals surface area (Å²) in [6.07, 6.45) is 1.07. The molecule has 1 aliphatic rings. The summed E-state index contributed by atoms with van der Waals surface area (Å²) in [7, 11) is 1.65. The van der Waals surface area contributed by atoms with Crippen LogP contribution in [0.3, 0.4) is 0 Å². The average Bonchev–Trinajstić information content (AvgIpc) is 2.26. The lowest BCUT2D eigenvalue weighted by Gasteiger charge is -2.32. The van der Waals surface area contributed by atoms with Crippen molar-refractivity contribution in [3.63, 3.8) is 0 Å². The average molecular weight is 239 g/mol. The van der Waals surface area contributed by atoms with Crippen molar-refractivity contribution in [2.45, 2.75) is 13.3 Å². The number of carbonyl (C=O) groups is 2. The predicted octanol–water partition coefficient (Wildman–Crippen LogP) is -0.157. The van der Waals surface area contributed by atoms with E-state index in [0.717, 1.165) is 18.5 Å². The molecule has 0 aromatic heterocycles. The molecule has 0 bridgehead atoms. The fraction of sp³-hybridized carbons (Fsp3) is 0.667. The summed E-state index contributed by atoms with van der Waals surface area (Å²) < 4.78 is 0. The van der Waals surface area contributed by atoms with E-state index in [1.54, 1.807) is 11.9 Å². The number of hydrogen-bond acceptors (Lipinski definition) is 3. The van der Waals surface area contributed by atoms with Gasteiger partial charge in [-0.25, -0.2) is 0 Å². The Morgan fingerprint density at radius 1 is 1.35 bits per heavy atom. The summed E-state index contributed by atoms with van der Waals surface area (Å²) >= 11 is 0. The van der Waals surface area contributed by atoms with Crippen molar-refractivity contribution in [2.75, 3.05) is 39.8 Å². The van der Waals surface area contributed by atoms with Crippen molar-refractivity contribution >= 4 is 11.8 Å². The Hall–Kier alpha value is -1.36.